The van der Waals surface area contributed by atoms with E-state index in [-0.39, 0.29) is 16.2 Å². The number of hydrogen-bond donors (Lipinski definition) is 0. The van der Waals surface area contributed by atoms with Gasteiger partial charge in [-0.2, -0.15) is 0 Å². The molecule has 0 saturated heterocycles. The normalized spacial score (nSPS) is 16.2. The first-order valence-electron chi connectivity index (χ1n) is 18.9. The van der Waals surface area contributed by atoms with Crippen molar-refractivity contribution >= 4 is 39.0 Å². The summed E-state index contributed by atoms with van der Waals surface area (Å²) in [5.41, 5.74) is 20.9. The predicted molar refractivity (Wildman–Crippen MR) is 221 cm³/mol. The summed E-state index contributed by atoms with van der Waals surface area (Å²) in [6.07, 6.45) is 0. The van der Waals surface area contributed by atoms with Crippen molar-refractivity contribution in [3.8, 4) is 33.4 Å². The summed E-state index contributed by atoms with van der Waals surface area (Å²) in [5, 5.41) is 2.28. The molecule has 256 valence electrons. The van der Waals surface area contributed by atoms with Crippen molar-refractivity contribution in [1.82, 2.24) is 0 Å². The van der Waals surface area contributed by atoms with Gasteiger partial charge in [0.2, 0.25) is 0 Å². The number of anilines is 3. The van der Waals surface area contributed by atoms with Gasteiger partial charge in [0, 0.05) is 38.4 Å². The first-order valence-corrected chi connectivity index (χ1v) is 18.9. The van der Waals surface area contributed by atoms with Gasteiger partial charge in [-0.3, -0.25) is 0 Å². The third-order valence-electron chi connectivity index (χ3n) is 13.1. The number of benzene rings is 7. The molecule has 0 saturated carbocycles. The van der Waals surface area contributed by atoms with Gasteiger partial charge >= 0.3 is 0 Å². The molecule has 2 nitrogen and oxygen atoms in total. The number of fused-ring (bicyclic) bond motifs is 13. The van der Waals surface area contributed by atoms with Crippen LogP contribution in [0.2, 0.25) is 0 Å². The predicted octanol–water partition coefficient (Wildman–Crippen LogP) is 14.0. The van der Waals surface area contributed by atoms with E-state index in [4.69, 9.17) is 4.42 Å². The molecule has 1 heterocycles. The van der Waals surface area contributed by atoms with Gasteiger partial charge in [0.05, 0.1) is 16.8 Å². The highest BCUT2D eigenvalue weighted by Gasteiger charge is 2.41. The second kappa shape index (κ2) is 10.2. The maximum atomic E-state index is 7.01. The molecule has 0 radical (unpaired) electrons. The third kappa shape index (κ3) is 3.83. The Morgan fingerprint density at radius 2 is 0.943 bits per heavy atom. The van der Waals surface area contributed by atoms with Crippen LogP contribution in [0.3, 0.4) is 0 Å². The highest BCUT2D eigenvalue weighted by atomic mass is 16.3. The third-order valence-corrected chi connectivity index (χ3v) is 13.1. The second-order valence-electron chi connectivity index (χ2n) is 16.9. The van der Waals surface area contributed by atoms with E-state index in [0.717, 1.165) is 33.3 Å². The van der Waals surface area contributed by atoms with Crippen molar-refractivity contribution in [2.45, 2.75) is 57.8 Å². The quantitative estimate of drug-likeness (QED) is 0.184. The Labute approximate surface area is 311 Å². The molecule has 8 aromatic rings. The minimum Gasteiger partial charge on any atom is -0.455 e. The summed E-state index contributed by atoms with van der Waals surface area (Å²) >= 11 is 0. The summed E-state index contributed by atoms with van der Waals surface area (Å²) in [7, 11) is 0. The molecule has 53 heavy (non-hydrogen) atoms. The Balaban J connectivity index is 1.23. The lowest BCUT2D eigenvalue weighted by atomic mass is 9.82. The Morgan fingerprint density at radius 1 is 0.415 bits per heavy atom. The smallest absolute Gasteiger partial charge is 0.143 e. The van der Waals surface area contributed by atoms with Crippen LogP contribution in [0.4, 0.5) is 17.1 Å². The van der Waals surface area contributed by atoms with E-state index in [1.165, 1.54) is 72.4 Å². The molecule has 0 aliphatic heterocycles. The molecule has 7 aromatic carbocycles. The summed E-state index contributed by atoms with van der Waals surface area (Å²) in [5.74, 6) is 0. The van der Waals surface area contributed by atoms with Crippen LogP contribution in [-0.4, -0.2) is 0 Å². The second-order valence-corrected chi connectivity index (χ2v) is 16.9. The van der Waals surface area contributed by atoms with Crippen LogP contribution in [0, 0.1) is 0 Å². The fraction of sp³-hybridized carbons (Fsp3) is 0.176. The van der Waals surface area contributed by atoms with Crippen molar-refractivity contribution in [3.63, 3.8) is 0 Å². The Hall–Kier alpha value is -5.86. The minimum atomic E-state index is -0.129. The van der Waals surface area contributed by atoms with Crippen molar-refractivity contribution in [2.75, 3.05) is 4.90 Å². The maximum Gasteiger partial charge on any atom is 0.143 e. The van der Waals surface area contributed by atoms with Crippen LogP contribution >= 0.6 is 0 Å². The van der Waals surface area contributed by atoms with Crippen molar-refractivity contribution in [3.05, 3.63) is 173 Å². The molecule has 0 unspecified atom stereocenters. The summed E-state index contributed by atoms with van der Waals surface area (Å²) in [4.78, 5) is 2.53. The van der Waals surface area contributed by atoms with E-state index in [2.05, 4.69) is 186 Å². The molecule has 0 spiro atoms. The molecular formula is C51H41NO. The van der Waals surface area contributed by atoms with E-state index in [0.29, 0.717) is 0 Å². The molecule has 11 rings (SSSR count). The van der Waals surface area contributed by atoms with Gasteiger partial charge in [0.15, 0.2) is 0 Å². The van der Waals surface area contributed by atoms with Gasteiger partial charge in [-0.05, 0) is 86.0 Å². The fourth-order valence-corrected chi connectivity index (χ4v) is 10.4. The minimum absolute atomic E-state index is 0.104. The summed E-state index contributed by atoms with van der Waals surface area (Å²) in [6.45, 7) is 14.1. The monoisotopic (exact) mass is 683 g/mol. The average Bonchev–Trinajstić information content (AvgIpc) is 3.82. The highest BCUT2D eigenvalue weighted by Crippen LogP contribution is 2.58. The van der Waals surface area contributed by atoms with Crippen LogP contribution in [-0.2, 0) is 16.2 Å². The van der Waals surface area contributed by atoms with Crippen LogP contribution in [0.15, 0.2) is 144 Å². The molecule has 1 aromatic heterocycles. The molecule has 0 amide bonds. The van der Waals surface area contributed by atoms with Gasteiger partial charge in [-0.25, -0.2) is 0 Å². The molecule has 0 atom stereocenters. The van der Waals surface area contributed by atoms with Crippen LogP contribution in [0.5, 0.6) is 0 Å². The zero-order valence-corrected chi connectivity index (χ0v) is 31.1. The van der Waals surface area contributed by atoms with Gasteiger partial charge in [-0.1, -0.05) is 151 Å². The van der Waals surface area contributed by atoms with Crippen molar-refractivity contribution in [1.29, 1.82) is 0 Å². The first kappa shape index (κ1) is 30.7. The number of hydrogen-bond acceptors (Lipinski definition) is 2. The Kier molecular flexibility index (Phi) is 5.90. The average molecular weight is 684 g/mol. The molecule has 3 aliphatic rings. The molecule has 0 bridgehead atoms. The van der Waals surface area contributed by atoms with E-state index in [1.54, 1.807) is 0 Å². The maximum absolute atomic E-state index is 7.01. The van der Waals surface area contributed by atoms with Crippen molar-refractivity contribution < 1.29 is 4.42 Å². The Morgan fingerprint density at radius 3 is 1.66 bits per heavy atom. The lowest BCUT2D eigenvalue weighted by molar-refractivity contribution is 0.653. The van der Waals surface area contributed by atoms with Gasteiger partial charge in [-0.15, -0.1) is 0 Å². The van der Waals surface area contributed by atoms with E-state index in [9.17, 15) is 0 Å². The molecule has 0 N–H and O–H groups in total. The topological polar surface area (TPSA) is 16.4 Å². The lowest BCUT2D eigenvalue weighted by Gasteiger charge is -2.31. The SMILES string of the molecule is CC1(C)c2ccccc2-c2ccc(N(c3cccc4c3-c3ccccc3C4(C)C)c3cccc4oc5c6c(ccc5c34)C(C)(C)c3ccccc3-6)cc21. The van der Waals surface area contributed by atoms with E-state index in [1.807, 2.05) is 0 Å². The van der Waals surface area contributed by atoms with Gasteiger partial charge in [0.25, 0.3) is 0 Å². The summed E-state index contributed by atoms with van der Waals surface area (Å²) in [6, 6.07) is 52.1. The molecule has 0 fully saturated rings. The van der Waals surface area contributed by atoms with Crippen LogP contribution in [0.1, 0.15) is 74.9 Å². The molecular weight excluding hydrogens is 643 g/mol. The van der Waals surface area contributed by atoms with E-state index < -0.39 is 0 Å². The van der Waals surface area contributed by atoms with Gasteiger partial charge in [0.1, 0.15) is 11.2 Å². The highest BCUT2D eigenvalue weighted by molar-refractivity contribution is 6.18. The van der Waals surface area contributed by atoms with Gasteiger partial charge < -0.3 is 9.32 Å². The zero-order valence-electron chi connectivity index (χ0n) is 31.1. The fourth-order valence-electron chi connectivity index (χ4n) is 10.4. The van der Waals surface area contributed by atoms with Crippen LogP contribution < -0.4 is 4.90 Å². The zero-order chi connectivity index (χ0) is 36.0. The number of rotatable bonds is 3. The Bertz CT molecular complexity index is 2880. The van der Waals surface area contributed by atoms with Crippen LogP contribution in [0.25, 0.3) is 55.3 Å². The molecule has 2 heteroatoms. The standard InChI is InChI=1S/C51H41NO/c1-49(2)37-19-11-8-16-33(37)45-39(49)21-13-22-42(45)52(30-25-26-32-31-15-7-10-18-36(31)51(5,6)41(32)29-30)43-23-14-24-44-47(43)35-27-28-40-46(48(35)53-44)34-17-9-12-20-38(34)50(40,3)4/h7-29H,1-6H3. The first-order chi connectivity index (χ1) is 25.6. The largest absolute Gasteiger partial charge is 0.455 e. The van der Waals surface area contributed by atoms with E-state index >= 15 is 0 Å². The molecule has 3 aliphatic carbocycles. The number of furan rings is 1. The number of nitrogens with zero attached hydrogens (tertiary/aromatic N) is 1. The van der Waals surface area contributed by atoms with Crippen molar-refractivity contribution in [2.24, 2.45) is 0 Å². The summed E-state index contributed by atoms with van der Waals surface area (Å²) < 4.78 is 7.01. The lowest BCUT2D eigenvalue weighted by Crippen LogP contribution is -2.17.